The van der Waals surface area contributed by atoms with Crippen LogP contribution in [0, 0.1) is 0 Å². The summed E-state index contributed by atoms with van der Waals surface area (Å²) in [4.78, 5) is 21.1. The maximum Gasteiger partial charge on any atom is 0.329 e. The average molecular weight is 237 g/mol. The quantitative estimate of drug-likeness (QED) is 0.590. The number of hydrogen-bond donors (Lipinski definition) is 2. The summed E-state index contributed by atoms with van der Waals surface area (Å²) in [5.41, 5.74) is 0. The second-order valence-electron chi connectivity index (χ2n) is 3.09. The highest BCUT2D eigenvalue weighted by atomic mass is 32.2. The molecule has 0 aliphatic rings. The number of carbonyl (C=O) groups excluding carboxylic acids is 1. The second kappa shape index (κ2) is 7.36. The van der Waals surface area contributed by atoms with Gasteiger partial charge in [0.25, 0.3) is 0 Å². The van der Waals surface area contributed by atoms with Gasteiger partial charge in [-0.25, -0.2) is 4.79 Å². The third kappa shape index (κ3) is 9.36. The van der Waals surface area contributed by atoms with E-state index in [1.54, 1.807) is 13.2 Å². The molecule has 0 spiro atoms. The summed E-state index contributed by atoms with van der Waals surface area (Å²) in [7, 11) is -0.975. The largest absolute Gasteiger partial charge is 0.480 e. The second-order valence-corrected chi connectivity index (χ2v) is 4.57. The predicted octanol–water partition coefficient (Wildman–Crippen LogP) is -1.03. The molecule has 0 saturated carbocycles. The Bertz CT molecular complexity index is 255. The van der Waals surface area contributed by atoms with Crippen molar-refractivity contribution in [2.45, 2.75) is 13.0 Å². The molecule has 0 aromatic rings. The molecule has 88 valence electrons. The molecule has 0 aliphatic heterocycles. The fraction of sp³-hybridized carbons (Fsp3) is 0.750. The van der Waals surface area contributed by atoms with Crippen LogP contribution < -0.4 is 5.32 Å². The van der Waals surface area contributed by atoms with Gasteiger partial charge in [0, 0.05) is 28.9 Å². The van der Waals surface area contributed by atoms with E-state index < -0.39 is 29.3 Å². The Balaban J connectivity index is 3.64. The third-order valence-electron chi connectivity index (χ3n) is 1.35. The Morgan fingerprint density at radius 3 is 2.53 bits per heavy atom. The lowest BCUT2D eigenvalue weighted by Crippen LogP contribution is -2.38. The van der Waals surface area contributed by atoms with Crippen molar-refractivity contribution in [1.29, 1.82) is 0 Å². The van der Waals surface area contributed by atoms with Gasteiger partial charge in [-0.05, 0) is 6.92 Å². The average Bonchev–Trinajstić information content (AvgIpc) is 2.00. The molecule has 0 heterocycles. The summed E-state index contributed by atoms with van der Waals surface area (Å²) >= 11 is 0. The first-order valence-corrected chi connectivity index (χ1v) is 6.03. The molecule has 0 rings (SSSR count). The summed E-state index contributed by atoms with van der Waals surface area (Å²) in [6.07, 6.45) is 1.55. The molecule has 15 heavy (non-hydrogen) atoms. The summed E-state index contributed by atoms with van der Waals surface area (Å²) in [5.74, 6) is -1.16. The highest BCUT2D eigenvalue weighted by molar-refractivity contribution is 7.84. The van der Waals surface area contributed by atoms with Crippen LogP contribution in [0.1, 0.15) is 6.92 Å². The van der Waals surface area contributed by atoms with Gasteiger partial charge < -0.3 is 15.2 Å². The summed E-state index contributed by atoms with van der Waals surface area (Å²) in [6, 6.07) is -0.211. The normalized spacial score (nSPS) is 14.3. The summed E-state index contributed by atoms with van der Waals surface area (Å²) < 4.78 is 15.4. The molecule has 0 bridgehead atoms. The number of nitrogens with one attached hydrogen (secondary N) is 1. The maximum atomic E-state index is 11.1. The summed E-state index contributed by atoms with van der Waals surface area (Å²) in [5, 5.41) is 10.8. The highest BCUT2D eigenvalue weighted by Crippen LogP contribution is 1.86. The van der Waals surface area contributed by atoms with Crippen molar-refractivity contribution >= 4 is 22.7 Å². The smallest absolute Gasteiger partial charge is 0.329 e. The van der Waals surface area contributed by atoms with Gasteiger partial charge in [-0.2, -0.15) is 0 Å². The van der Waals surface area contributed by atoms with E-state index in [9.17, 15) is 13.8 Å². The highest BCUT2D eigenvalue weighted by Gasteiger charge is 2.09. The van der Waals surface area contributed by atoms with Crippen LogP contribution in [0.25, 0.3) is 0 Å². The number of amides is 1. The van der Waals surface area contributed by atoms with Gasteiger partial charge in [0.05, 0.1) is 0 Å². The lowest BCUT2D eigenvalue weighted by atomic mass is 10.4. The zero-order chi connectivity index (χ0) is 11.8. The molecular formula is C8H15NO5S. The Labute approximate surface area is 90.4 Å². The van der Waals surface area contributed by atoms with Crippen LogP contribution in [0.2, 0.25) is 0 Å². The zero-order valence-electron chi connectivity index (χ0n) is 8.69. The molecule has 0 aromatic carbocycles. The number of ether oxygens (including phenoxy) is 1. The van der Waals surface area contributed by atoms with E-state index in [-0.39, 0.29) is 12.6 Å². The minimum Gasteiger partial charge on any atom is -0.480 e. The van der Waals surface area contributed by atoms with Crippen LogP contribution in [-0.4, -0.2) is 52.5 Å². The number of aliphatic carboxylic acids is 1. The van der Waals surface area contributed by atoms with Crippen LogP contribution >= 0.6 is 0 Å². The van der Waals surface area contributed by atoms with E-state index in [0.29, 0.717) is 5.75 Å². The van der Waals surface area contributed by atoms with E-state index in [1.807, 2.05) is 0 Å². The van der Waals surface area contributed by atoms with Gasteiger partial charge in [0.2, 0.25) is 5.91 Å². The third-order valence-corrected chi connectivity index (χ3v) is 2.32. The van der Waals surface area contributed by atoms with Crippen molar-refractivity contribution in [2.24, 2.45) is 0 Å². The van der Waals surface area contributed by atoms with E-state index in [4.69, 9.17) is 5.11 Å². The Kier molecular flexibility index (Phi) is 6.89. The molecule has 0 radical (unpaired) electrons. The van der Waals surface area contributed by atoms with E-state index in [2.05, 4.69) is 10.1 Å². The molecule has 7 heteroatoms. The number of carboxylic acid groups (broad SMARTS) is 1. The van der Waals surface area contributed by atoms with Crippen LogP contribution in [0.4, 0.5) is 0 Å². The first-order chi connectivity index (χ1) is 6.91. The maximum absolute atomic E-state index is 11.1. The van der Waals surface area contributed by atoms with Crippen LogP contribution in [-0.2, 0) is 25.1 Å². The lowest BCUT2D eigenvalue weighted by molar-refractivity contribution is -0.143. The van der Waals surface area contributed by atoms with Gasteiger partial charge in [0.15, 0.2) is 0 Å². The summed E-state index contributed by atoms with van der Waals surface area (Å²) in [6.45, 7) is 0.922. The Hall–Kier alpha value is -0.950. The molecule has 2 unspecified atom stereocenters. The van der Waals surface area contributed by atoms with Crippen molar-refractivity contribution in [3.05, 3.63) is 0 Å². The minimum atomic E-state index is -1.12. The Morgan fingerprint density at radius 1 is 1.47 bits per heavy atom. The lowest BCUT2D eigenvalue weighted by Gasteiger charge is -2.11. The molecule has 0 saturated heterocycles. The van der Waals surface area contributed by atoms with Gasteiger partial charge in [-0.15, -0.1) is 0 Å². The van der Waals surface area contributed by atoms with Crippen LogP contribution in [0.15, 0.2) is 0 Å². The monoisotopic (exact) mass is 237 g/mol. The van der Waals surface area contributed by atoms with Crippen LogP contribution in [0.3, 0.4) is 0 Å². The fourth-order valence-corrected chi connectivity index (χ4v) is 1.73. The van der Waals surface area contributed by atoms with Gasteiger partial charge >= 0.3 is 5.97 Å². The standard InChI is InChI=1S/C8H15NO5S/c1-6(5-15(2)13)9-7(10)3-14-4-8(11)12/h6H,3-5H2,1-2H3,(H,9,10)(H,11,12). The molecule has 1 amide bonds. The van der Waals surface area contributed by atoms with Crippen molar-refractivity contribution < 1.29 is 23.6 Å². The molecule has 0 fully saturated rings. The van der Waals surface area contributed by atoms with E-state index >= 15 is 0 Å². The molecule has 2 atom stereocenters. The molecular weight excluding hydrogens is 222 g/mol. The van der Waals surface area contributed by atoms with Gasteiger partial charge in [-0.1, -0.05) is 0 Å². The van der Waals surface area contributed by atoms with Crippen molar-refractivity contribution in [3.63, 3.8) is 0 Å². The first kappa shape index (κ1) is 14.1. The van der Waals surface area contributed by atoms with Crippen molar-refractivity contribution in [3.8, 4) is 0 Å². The van der Waals surface area contributed by atoms with Crippen LogP contribution in [0.5, 0.6) is 0 Å². The number of carboxylic acids is 1. The Morgan fingerprint density at radius 2 is 2.07 bits per heavy atom. The van der Waals surface area contributed by atoms with Gasteiger partial charge in [0.1, 0.15) is 13.2 Å². The number of rotatable bonds is 7. The topological polar surface area (TPSA) is 92.7 Å². The van der Waals surface area contributed by atoms with E-state index in [0.717, 1.165) is 0 Å². The fourth-order valence-electron chi connectivity index (χ4n) is 0.941. The van der Waals surface area contributed by atoms with Gasteiger partial charge in [-0.3, -0.25) is 9.00 Å². The van der Waals surface area contributed by atoms with E-state index in [1.165, 1.54) is 0 Å². The molecule has 0 aliphatic carbocycles. The van der Waals surface area contributed by atoms with Crippen molar-refractivity contribution in [1.82, 2.24) is 5.32 Å². The molecule has 2 N–H and O–H groups in total. The first-order valence-electron chi connectivity index (χ1n) is 4.30. The number of hydrogen-bond acceptors (Lipinski definition) is 4. The molecule has 6 nitrogen and oxygen atoms in total. The molecule has 0 aromatic heterocycles. The zero-order valence-corrected chi connectivity index (χ0v) is 9.50. The minimum absolute atomic E-state index is 0.211. The SMILES string of the molecule is CC(CS(C)=O)NC(=O)COCC(=O)O. The number of carbonyl (C=O) groups is 2. The van der Waals surface area contributed by atoms with Crippen molar-refractivity contribution in [2.75, 3.05) is 25.2 Å². The predicted molar refractivity (Wildman–Crippen MR) is 55.0 cm³/mol.